The monoisotopic (exact) mass is 284 g/mol. The third-order valence-electron chi connectivity index (χ3n) is 4.97. The molecule has 1 rings (SSSR count). The van der Waals surface area contributed by atoms with Crippen LogP contribution in [0.3, 0.4) is 0 Å². The summed E-state index contributed by atoms with van der Waals surface area (Å²) in [6, 6.07) is 0. The number of aliphatic carboxylic acids is 1. The van der Waals surface area contributed by atoms with E-state index in [1.54, 1.807) is 7.05 Å². The maximum absolute atomic E-state index is 11.4. The van der Waals surface area contributed by atoms with Crippen molar-refractivity contribution in [3.05, 3.63) is 0 Å². The van der Waals surface area contributed by atoms with Gasteiger partial charge in [0, 0.05) is 0 Å². The van der Waals surface area contributed by atoms with Gasteiger partial charge in [-0.15, -0.1) is 0 Å². The molecule has 0 aliphatic carbocycles. The molecule has 1 atom stereocenters. The van der Waals surface area contributed by atoms with E-state index >= 15 is 0 Å². The highest BCUT2D eigenvalue weighted by atomic mass is 16.4. The van der Waals surface area contributed by atoms with E-state index in [0.29, 0.717) is 12.8 Å². The molecule has 0 aromatic rings. The molecule has 0 aromatic carbocycles. The average molecular weight is 284 g/mol. The zero-order chi connectivity index (χ0) is 15.0. The fraction of sp³-hybridized carbons (Fsp3) is 0.938. The highest BCUT2D eigenvalue weighted by Crippen LogP contribution is 2.23. The van der Waals surface area contributed by atoms with Gasteiger partial charge >= 0.3 is 5.97 Å². The molecular formula is C16H32N2O2. The first-order chi connectivity index (χ1) is 9.57. The van der Waals surface area contributed by atoms with Crippen LogP contribution in [-0.2, 0) is 4.79 Å². The minimum atomic E-state index is -0.736. The summed E-state index contributed by atoms with van der Waals surface area (Å²) >= 11 is 0. The van der Waals surface area contributed by atoms with Gasteiger partial charge in [0.2, 0.25) is 0 Å². The molecule has 1 aliphatic heterocycles. The van der Waals surface area contributed by atoms with Crippen LogP contribution in [0.4, 0.5) is 0 Å². The number of piperidine rings is 1. The minimum absolute atomic E-state index is 0.636. The van der Waals surface area contributed by atoms with Crippen molar-refractivity contribution in [3.8, 4) is 0 Å². The Labute approximate surface area is 123 Å². The van der Waals surface area contributed by atoms with Crippen molar-refractivity contribution >= 4 is 5.97 Å². The summed E-state index contributed by atoms with van der Waals surface area (Å²) in [6.07, 6.45) is 7.60. The van der Waals surface area contributed by atoms with Crippen molar-refractivity contribution in [3.63, 3.8) is 0 Å². The summed E-state index contributed by atoms with van der Waals surface area (Å²) in [6.45, 7) is 7.63. The van der Waals surface area contributed by atoms with Gasteiger partial charge in [-0.3, -0.25) is 4.79 Å². The normalized spacial score (nSPS) is 20.8. The Hall–Kier alpha value is -0.610. The van der Waals surface area contributed by atoms with Crippen LogP contribution in [0.5, 0.6) is 0 Å². The molecule has 1 heterocycles. The number of carboxylic acid groups (broad SMARTS) is 1. The van der Waals surface area contributed by atoms with Crippen LogP contribution in [0.1, 0.15) is 58.8 Å². The lowest BCUT2D eigenvalue weighted by molar-refractivity contribution is -0.145. The molecule has 0 radical (unpaired) electrons. The lowest BCUT2D eigenvalue weighted by atomic mass is 9.89. The molecule has 1 saturated heterocycles. The second-order valence-corrected chi connectivity index (χ2v) is 6.17. The number of hydrogen-bond donors (Lipinski definition) is 2. The van der Waals surface area contributed by atoms with Crippen molar-refractivity contribution < 1.29 is 9.90 Å². The molecule has 0 amide bonds. The Morgan fingerprint density at radius 2 is 2.00 bits per heavy atom. The van der Waals surface area contributed by atoms with Crippen molar-refractivity contribution in [1.29, 1.82) is 0 Å². The van der Waals surface area contributed by atoms with Crippen LogP contribution in [-0.4, -0.2) is 48.2 Å². The summed E-state index contributed by atoms with van der Waals surface area (Å²) in [5.74, 6) is 0.200. The van der Waals surface area contributed by atoms with Gasteiger partial charge in [0.1, 0.15) is 5.54 Å². The molecule has 0 bridgehead atoms. The standard InChI is InChI=1S/C16H32N2O2/c1-4-7-14-8-12-18(13-9-14)11-6-10-16(5-2,17-3)15(19)20/h14,17H,4-13H2,1-3H3,(H,19,20). The van der Waals surface area contributed by atoms with Gasteiger partial charge in [-0.05, 0) is 64.7 Å². The van der Waals surface area contributed by atoms with E-state index in [-0.39, 0.29) is 0 Å². The zero-order valence-electron chi connectivity index (χ0n) is 13.5. The molecule has 0 spiro atoms. The van der Waals surface area contributed by atoms with Crippen LogP contribution in [0.15, 0.2) is 0 Å². The van der Waals surface area contributed by atoms with Gasteiger partial charge in [-0.2, -0.15) is 0 Å². The molecule has 2 N–H and O–H groups in total. The third kappa shape index (κ3) is 4.74. The first-order valence-corrected chi connectivity index (χ1v) is 8.22. The molecule has 118 valence electrons. The second kappa shape index (κ2) is 8.63. The minimum Gasteiger partial charge on any atom is -0.480 e. The number of rotatable bonds is 9. The van der Waals surface area contributed by atoms with Gasteiger partial charge in [-0.25, -0.2) is 0 Å². The van der Waals surface area contributed by atoms with Gasteiger partial charge in [0.05, 0.1) is 0 Å². The van der Waals surface area contributed by atoms with E-state index in [1.165, 1.54) is 38.8 Å². The average Bonchev–Trinajstić information content (AvgIpc) is 2.46. The summed E-state index contributed by atoms with van der Waals surface area (Å²) < 4.78 is 0. The summed E-state index contributed by atoms with van der Waals surface area (Å²) in [7, 11) is 1.76. The van der Waals surface area contributed by atoms with Crippen LogP contribution in [0.25, 0.3) is 0 Å². The van der Waals surface area contributed by atoms with Gasteiger partial charge < -0.3 is 15.3 Å². The fourth-order valence-electron chi connectivity index (χ4n) is 3.36. The van der Waals surface area contributed by atoms with Crippen LogP contribution < -0.4 is 5.32 Å². The predicted molar refractivity (Wildman–Crippen MR) is 83.0 cm³/mol. The molecule has 1 unspecified atom stereocenters. The summed E-state index contributed by atoms with van der Waals surface area (Å²) in [4.78, 5) is 13.9. The topological polar surface area (TPSA) is 52.6 Å². The summed E-state index contributed by atoms with van der Waals surface area (Å²) in [5.41, 5.74) is -0.736. The highest BCUT2D eigenvalue weighted by Gasteiger charge is 2.34. The van der Waals surface area contributed by atoms with Gasteiger partial charge in [0.15, 0.2) is 0 Å². The quantitative estimate of drug-likeness (QED) is 0.683. The maximum Gasteiger partial charge on any atom is 0.323 e. The number of likely N-dealkylation sites (tertiary alicyclic amines) is 1. The Balaban J connectivity index is 2.29. The first-order valence-electron chi connectivity index (χ1n) is 8.22. The molecule has 1 fully saturated rings. The Morgan fingerprint density at radius 1 is 1.35 bits per heavy atom. The highest BCUT2D eigenvalue weighted by molar-refractivity contribution is 5.78. The lowest BCUT2D eigenvalue weighted by Crippen LogP contribution is -2.50. The van der Waals surface area contributed by atoms with Crippen molar-refractivity contribution in [1.82, 2.24) is 10.2 Å². The van der Waals surface area contributed by atoms with Gasteiger partial charge in [-0.1, -0.05) is 26.7 Å². The number of nitrogens with one attached hydrogen (secondary N) is 1. The van der Waals surface area contributed by atoms with E-state index in [0.717, 1.165) is 18.9 Å². The Bertz CT molecular complexity index is 282. The van der Waals surface area contributed by atoms with E-state index < -0.39 is 11.5 Å². The lowest BCUT2D eigenvalue weighted by Gasteiger charge is -2.33. The van der Waals surface area contributed by atoms with Crippen LogP contribution >= 0.6 is 0 Å². The van der Waals surface area contributed by atoms with Crippen molar-refractivity contribution in [2.45, 2.75) is 64.3 Å². The second-order valence-electron chi connectivity index (χ2n) is 6.17. The first kappa shape index (κ1) is 17.4. The smallest absolute Gasteiger partial charge is 0.323 e. The van der Waals surface area contributed by atoms with Crippen LogP contribution in [0.2, 0.25) is 0 Å². The predicted octanol–water partition coefficient (Wildman–Crippen LogP) is 2.73. The number of carbonyl (C=O) groups is 1. The number of nitrogens with zero attached hydrogens (tertiary/aromatic N) is 1. The number of hydrogen-bond acceptors (Lipinski definition) is 3. The SMILES string of the molecule is CCCC1CCN(CCCC(CC)(NC)C(=O)O)CC1. The number of likely N-dealkylation sites (N-methyl/N-ethyl adjacent to an activating group) is 1. The zero-order valence-corrected chi connectivity index (χ0v) is 13.5. The molecule has 4 heteroatoms. The molecule has 20 heavy (non-hydrogen) atoms. The van der Waals surface area contributed by atoms with E-state index in [9.17, 15) is 9.90 Å². The summed E-state index contributed by atoms with van der Waals surface area (Å²) in [5, 5.41) is 12.4. The van der Waals surface area contributed by atoms with E-state index in [4.69, 9.17) is 0 Å². The largest absolute Gasteiger partial charge is 0.480 e. The fourth-order valence-corrected chi connectivity index (χ4v) is 3.36. The molecule has 4 nitrogen and oxygen atoms in total. The molecule has 0 aromatic heterocycles. The van der Waals surface area contributed by atoms with Gasteiger partial charge in [0.25, 0.3) is 0 Å². The van der Waals surface area contributed by atoms with E-state index in [2.05, 4.69) is 17.1 Å². The van der Waals surface area contributed by atoms with E-state index in [1.807, 2.05) is 6.92 Å². The van der Waals surface area contributed by atoms with Crippen molar-refractivity contribution in [2.75, 3.05) is 26.7 Å². The Morgan fingerprint density at radius 3 is 2.45 bits per heavy atom. The third-order valence-corrected chi connectivity index (χ3v) is 4.97. The van der Waals surface area contributed by atoms with Crippen LogP contribution in [0, 0.1) is 5.92 Å². The molecule has 0 saturated carbocycles. The Kier molecular flexibility index (Phi) is 7.52. The molecule has 1 aliphatic rings. The molecular weight excluding hydrogens is 252 g/mol. The van der Waals surface area contributed by atoms with Crippen molar-refractivity contribution in [2.24, 2.45) is 5.92 Å². The number of carboxylic acids is 1. The maximum atomic E-state index is 11.4.